The topological polar surface area (TPSA) is 47.3 Å². The van der Waals surface area contributed by atoms with Crippen molar-refractivity contribution < 1.29 is 4.18 Å². The number of hydrogen-bond donors (Lipinski definition) is 2. The molecule has 0 atom stereocenters. The first-order valence-corrected chi connectivity index (χ1v) is 4.86. The van der Waals surface area contributed by atoms with Crippen molar-refractivity contribution in [2.75, 3.05) is 10.5 Å². The second kappa shape index (κ2) is 4.99. The Balaban J connectivity index is 2.37. The first-order valence-electron chi connectivity index (χ1n) is 4.12. The number of nitrogens with two attached hydrogens (primary N) is 1. The van der Waals surface area contributed by atoms with Crippen molar-refractivity contribution in [1.29, 1.82) is 0 Å². The highest BCUT2D eigenvalue weighted by molar-refractivity contribution is 7.96. The van der Waals surface area contributed by atoms with Crippen LogP contribution in [0.4, 0.5) is 11.4 Å². The second-order valence-electron chi connectivity index (χ2n) is 2.96. The molecule has 1 aromatic carbocycles. The van der Waals surface area contributed by atoms with E-state index in [1.807, 2.05) is 38.1 Å². The average Bonchev–Trinajstić information content (AvgIpc) is 2.03. The van der Waals surface area contributed by atoms with Crippen molar-refractivity contribution in [3.05, 3.63) is 24.3 Å². The first-order chi connectivity index (χ1) is 6.18. The van der Waals surface area contributed by atoms with Gasteiger partial charge in [0.2, 0.25) is 0 Å². The van der Waals surface area contributed by atoms with Gasteiger partial charge in [-0.25, -0.2) is 0 Å². The molecule has 72 valence electrons. The Morgan fingerprint density at radius 3 is 2.85 bits per heavy atom. The Labute approximate surface area is 83.0 Å². The normalized spacial score (nSPS) is 10.4. The molecule has 1 rings (SSSR count). The lowest BCUT2D eigenvalue weighted by molar-refractivity contribution is 0.290. The number of nitrogens with one attached hydrogen (secondary N) is 1. The van der Waals surface area contributed by atoms with Gasteiger partial charge in [-0.05, 0) is 32.0 Å². The van der Waals surface area contributed by atoms with Gasteiger partial charge in [0, 0.05) is 11.4 Å². The van der Waals surface area contributed by atoms with E-state index >= 15 is 0 Å². The molecular formula is C9H14N2OS. The number of hydrogen-bond acceptors (Lipinski definition) is 4. The van der Waals surface area contributed by atoms with E-state index in [2.05, 4.69) is 4.72 Å². The highest BCUT2D eigenvalue weighted by Crippen LogP contribution is 2.17. The zero-order chi connectivity index (χ0) is 9.68. The van der Waals surface area contributed by atoms with Gasteiger partial charge in [-0.1, -0.05) is 6.07 Å². The fourth-order valence-electron chi connectivity index (χ4n) is 0.771. The summed E-state index contributed by atoms with van der Waals surface area (Å²) in [6.07, 6.45) is 0.207. The van der Waals surface area contributed by atoms with Gasteiger partial charge in [0.1, 0.15) is 12.2 Å². The standard InChI is InChI=1S/C9H14N2OS/c1-7(2)12-13-11-9-5-3-4-8(10)6-9/h3-7,11H,10H2,1-2H3. The number of rotatable bonds is 4. The Morgan fingerprint density at radius 2 is 2.23 bits per heavy atom. The smallest absolute Gasteiger partial charge is 0.111 e. The number of nitrogen functional groups attached to an aromatic ring is 1. The molecule has 0 saturated heterocycles. The molecule has 0 aliphatic carbocycles. The number of anilines is 2. The third-order valence-corrected chi connectivity index (χ3v) is 2.09. The summed E-state index contributed by atoms with van der Waals surface area (Å²) in [4.78, 5) is 0. The molecule has 0 aromatic heterocycles. The van der Waals surface area contributed by atoms with Gasteiger partial charge in [0.25, 0.3) is 0 Å². The summed E-state index contributed by atoms with van der Waals surface area (Å²) < 4.78 is 8.28. The third kappa shape index (κ3) is 4.05. The molecule has 0 aliphatic heterocycles. The Kier molecular flexibility index (Phi) is 3.92. The van der Waals surface area contributed by atoms with E-state index in [1.165, 1.54) is 12.2 Å². The maximum absolute atomic E-state index is 5.60. The summed E-state index contributed by atoms with van der Waals surface area (Å²) in [7, 11) is 0. The SMILES string of the molecule is CC(C)OSNc1cccc(N)c1. The molecular weight excluding hydrogens is 184 g/mol. The van der Waals surface area contributed by atoms with Gasteiger partial charge in [-0.15, -0.1) is 0 Å². The molecule has 0 saturated carbocycles. The van der Waals surface area contributed by atoms with Gasteiger partial charge in [0.05, 0.1) is 6.10 Å². The molecule has 0 heterocycles. The molecule has 0 bridgehead atoms. The largest absolute Gasteiger partial charge is 0.399 e. The zero-order valence-electron chi connectivity index (χ0n) is 7.78. The lowest BCUT2D eigenvalue weighted by atomic mass is 10.3. The van der Waals surface area contributed by atoms with Crippen LogP contribution in [0.1, 0.15) is 13.8 Å². The van der Waals surface area contributed by atoms with E-state index in [9.17, 15) is 0 Å². The van der Waals surface area contributed by atoms with Gasteiger partial charge < -0.3 is 10.5 Å². The molecule has 4 heteroatoms. The summed E-state index contributed by atoms with van der Waals surface area (Å²) in [6, 6.07) is 7.54. The third-order valence-electron chi connectivity index (χ3n) is 1.29. The van der Waals surface area contributed by atoms with E-state index in [1.54, 1.807) is 0 Å². The molecule has 0 amide bonds. The quantitative estimate of drug-likeness (QED) is 0.443. The Morgan fingerprint density at radius 1 is 1.46 bits per heavy atom. The zero-order valence-corrected chi connectivity index (χ0v) is 8.60. The molecule has 3 N–H and O–H groups in total. The predicted molar refractivity (Wildman–Crippen MR) is 58.3 cm³/mol. The molecule has 0 aliphatic rings. The average molecular weight is 198 g/mol. The second-order valence-corrected chi connectivity index (χ2v) is 3.52. The summed E-state index contributed by atoms with van der Waals surface area (Å²) in [5.41, 5.74) is 7.30. The van der Waals surface area contributed by atoms with Crippen LogP contribution in [-0.2, 0) is 4.18 Å². The van der Waals surface area contributed by atoms with Crippen LogP contribution < -0.4 is 10.5 Å². The van der Waals surface area contributed by atoms with Crippen molar-refractivity contribution in [3.8, 4) is 0 Å². The van der Waals surface area contributed by atoms with Crippen LogP contribution in [0.25, 0.3) is 0 Å². The molecule has 0 unspecified atom stereocenters. The van der Waals surface area contributed by atoms with Crippen LogP contribution in [0.15, 0.2) is 24.3 Å². The summed E-state index contributed by atoms with van der Waals surface area (Å²) in [6.45, 7) is 3.96. The fourth-order valence-corrected chi connectivity index (χ4v) is 1.23. The van der Waals surface area contributed by atoms with Crippen molar-refractivity contribution in [3.63, 3.8) is 0 Å². The highest BCUT2D eigenvalue weighted by Gasteiger charge is 1.95. The monoisotopic (exact) mass is 198 g/mol. The lowest BCUT2D eigenvalue weighted by Gasteiger charge is -2.07. The molecule has 0 fully saturated rings. The van der Waals surface area contributed by atoms with E-state index in [0.717, 1.165) is 11.4 Å². The lowest BCUT2D eigenvalue weighted by Crippen LogP contribution is -1.98. The van der Waals surface area contributed by atoms with Crippen LogP contribution >= 0.6 is 12.2 Å². The van der Waals surface area contributed by atoms with Crippen LogP contribution in [-0.4, -0.2) is 6.10 Å². The Hall–Kier alpha value is -0.870. The highest BCUT2D eigenvalue weighted by atomic mass is 32.2. The van der Waals surface area contributed by atoms with Crippen LogP contribution in [0, 0.1) is 0 Å². The van der Waals surface area contributed by atoms with Crippen molar-refractivity contribution in [2.45, 2.75) is 20.0 Å². The van der Waals surface area contributed by atoms with Crippen LogP contribution in [0.5, 0.6) is 0 Å². The van der Waals surface area contributed by atoms with E-state index in [-0.39, 0.29) is 6.10 Å². The molecule has 13 heavy (non-hydrogen) atoms. The van der Waals surface area contributed by atoms with Gasteiger partial charge in [0.15, 0.2) is 0 Å². The summed E-state index contributed by atoms with van der Waals surface area (Å²) in [5, 5.41) is 0. The first kappa shape index (κ1) is 10.2. The summed E-state index contributed by atoms with van der Waals surface area (Å²) >= 11 is 1.22. The van der Waals surface area contributed by atoms with Gasteiger partial charge >= 0.3 is 0 Å². The minimum Gasteiger partial charge on any atom is -0.399 e. The van der Waals surface area contributed by atoms with Crippen molar-refractivity contribution in [2.24, 2.45) is 0 Å². The van der Waals surface area contributed by atoms with E-state index in [0.29, 0.717) is 0 Å². The predicted octanol–water partition coefficient (Wildman–Crippen LogP) is 2.67. The Bertz CT molecular complexity index is 266. The molecule has 0 spiro atoms. The van der Waals surface area contributed by atoms with Crippen LogP contribution in [0.2, 0.25) is 0 Å². The van der Waals surface area contributed by atoms with Crippen molar-refractivity contribution >= 4 is 23.6 Å². The minimum atomic E-state index is 0.207. The van der Waals surface area contributed by atoms with Gasteiger partial charge in [-0.2, -0.15) is 0 Å². The van der Waals surface area contributed by atoms with Gasteiger partial charge in [-0.3, -0.25) is 4.18 Å². The van der Waals surface area contributed by atoms with E-state index in [4.69, 9.17) is 9.92 Å². The molecule has 1 aromatic rings. The van der Waals surface area contributed by atoms with E-state index < -0.39 is 0 Å². The number of benzene rings is 1. The maximum Gasteiger partial charge on any atom is 0.111 e. The van der Waals surface area contributed by atoms with Crippen molar-refractivity contribution in [1.82, 2.24) is 0 Å². The van der Waals surface area contributed by atoms with Crippen LogP contribution in [0.3, 0.4) is 0 Å². The summed E-state index contributed by atoms with van der Waals surface area (Å²) in [5.74, 6) is 0. The molecule has 0 radical (unpaired) electrons. The fraction of sp³-hybridized carbons (Fsp3) is 0.333. The minimum absolute atomic E-state index is 0.207. The molecule has 3 nitrogen and oxygen atoms in total. The maximum atomic E-state index is 5.60.